The van der Waals surface area contributed by atoms with Crippen LogP contribution in [0.15, 0.2) is 36.4 Å². The first-order chi connectivity index (χ1) is 14.8. The van der Waals surface area contributed by atoms with Crippen LogP contribution in [0.5, 0.6) is 0 Å². The molecule has 1 amide bonds. The van der Waals surface area contributed by atoms with Crippen LogP contribution >= 0.6 is 11.3 Å². The van der Waals surface area contributed by atoms with E-state index in [1.54, 1.807) is 19.0 Å². The maximum absolute atomic E-state index is 13.5. The van der Waals surface area contributed by atoms with Gasteiger partial charge < -0.3 is 4.90 Å². The van der Waals surface area contributed by atoms with Crippen molar-refractivity contribution in [3.63, 3.8) is 0 Å². The third kappa shape index (κ3) is 5.36. The first-order valence-corrected chi connectivity index (χ1v) is 9.89. The van der Waals surface area contributed by atoms with Crippen LogP contribution < -0.4 is 4.90 Å². The number of halogens is 7. The third-order valence-corrected chi connectivity index (χ3v) is 5.46. The zero-order valence-electron chi connectivity index (χ0n) is 16.7. The molecule has 0 saturated carbocycles. The van der Waals surface area contributed by atoms with Gasteiger partial charge in [-0.05, 0) is 50.5 Å². The molecule has 32 heavy (non-hydrogen) atoms. The highest BCUT2D eigenvalue weighted by molar-refractivity contribution is 7.22. The summed E-state index contributed by atoms with van der Waals surface area (Å²) in [6.07, 6.45) is -10.2. The van der Waals surface area contributed by atoms with Gasteiger partial charge >= 0.3 is 12.4 Å². The predicted octanol–water partition coefficient (Wildman–Crippen LogP) is 5.68. The van der Waals surface area contributed by atoms with E-state index >= 15 is 0 Å². The summed E-state index contributed by atoms with van der Waals surface area (Å²) in [7, 11) is 3.37. The Morgan fingerprint density at radius 1 is 0.938 bits per heavy atom. The molecule has 2 aromatic carbocycles. The summed E-state index contributed by atoms with van der Waals surface area (Å²) >= 11 is 0.905. The van der Waals surface area contributed by atoms with Gasteiger partial charge in [0.2, 0.25) is 0 Å². The number of hydrogen-bond donors (Lipinski definition) is 0. The predicted molar refractivity (Wildman–Crippen MR) is 106 cm³/mol. The number of anilines is 1. The van der Waals surface area contributed by atoms with Gasteiger partial charge in [-0.1, -0.05) is 11.3 Å². The number of likely N-dealkylation sites (N-methyl/N-ethyl adjacent to an activating group) is 1. The Kier molecular flexibility index (Phi) is 6.47. The van der Waals surface area contributed by atoms with Gasteiger partial charge in [-0.3, -0.25) is 9.69 Å². The molecular formula is C20H16F7N3OS. The number of aromatic nitrogens is 1. The van der Waals surface area contributed by atoms with E-state index < -0.39 is 40.8 Å². The second-order valence-corrected chi connectivity index (χ2v) is 8.17. The number of alkyl halides is 6. The van der Waals surface area contributed by atoms with E-state index in [0.29, 0.717) is 22.3 Å². The summed E-state index contributed by atoms with van der Waals surface area (Å²) in [5, 5.41) is 0.0309. The summed E-state index contributed by atoms with van der Waals surface area (Å²) in [6.45, 7) is 0.187. The summed E-state index contributed by atoms with van der Waals surface area (Å²) < 4.78 is 93.2. The largest absolute Gasteiger partial charge is 0.416 e. The molecule has 0 fully saturated rings. The Morgan fingerprint density at radius 3 is 2.06 bits per heavy atom. The van der Waals surface area contributed by atoms with Gasteiger partial charge in [0.15, 0.2) is 5.13 Å². The topological polar surface area (TPSA) is 36.4 Å². The third-order valence-electron chi connectivity index (χ3n) is 4.42. The van der Waals surface area contributed by atoms with Crippen LogP contribution in [0.4, 0.5) is 35.9 Å². The van der Waals surface area contributed by atoms with Gasteiger partial charge in [-0.15, -0.1) is 0 Å². The van der Waals surface area contributed by atoms with Crippen molar-refractivity contribution in [2.45, 2.75) is 12.4 Å². The molecule has 0 aliphatic rings. The second-order valence-electron chi connectivity index (χ2n) is 7.16. The maximum Gasteiger partial charge on any atom is 0.416 e. The number of carbonyl (C=O) groups excluding carboxylic acids is 1. The number of rotatable bonds is 5. The molecule has 3 aromatic rings. The number of benzene rings is 2. The Morgan fingerprint density at radius 2 is 1.53 bits per heavy atom. The standard InChI is InChI=1S/C20H16F7N3OS/c1-29(2)5-6-30(18-28-15-4-3-14(21)10-16(15)32-18)17(31)11-7-12(19(22,23)24)9-13(8-11)20(25,26)27/h3-4,7-10H,5-6H2,1-2H3. The Balaban J connectivity index is 2.11. The zero-order chi connectivity index (χ0) is 23.8. The van der Waals surface area contributed by atoms with E-state index in [4.69, 9.17) is 0 Å². The van der Waals surface area contributed by atoms with Crippen molar-refractivity contribution in [1.29, 1.82) is 0 Å². The number of amides is 1. The minimum atomic E-state index is -5.09. The zero-order valence-corrected chi connectivity index (χ0v) is 17.5. The van der Waals surface area contributed by atoms with Crippen molar-refractivity contribution in [1.82, 2.24) is 9.88 Å². The fourth-order valence-corrected chi connectivity index (χ4v) is 3.83. The average molecular weight is 479 g/mol. The Hall–Kier alpha value is -2.73. The van der Waals surface area contributed by atoms with Crippen molar-refractivity contribution in [3.8, 4) is 0 Å². The molecule has 12 heteroatoms. The number of thiazole rings is 1. The molecular weight excluding hydrogens is 463 g/mol. The normalized spacial score (nSPS) is 12.6. The van der Waals surface area contributed by atoms with E-state index in [-0.39, 0.29) is 24.3 Å². The van der Waals surface area contributed by atoms with Gasteiger partial charge in [-0.25, -0.2) is 9.37 Å². The van der Waals surface area contributed by atoms with Crippen molar-refractivity contribution in [2.24, 2.45) is 0 Å². The van der Waals surface area contributed by atoms with Crippen LogP contribution in [-0.2, 0) is 12.4 Å². The average Bonchev–Trinajstić information content (AvgIpc) is 3.08. The van der Waals surface area contributed by atoms with Gasteiger partial charge in [0.05, 0.1) is 21.3 Å². The van der Waals surface area contributed by atoms with Crippen molar-refractivity contribution < 1.29 is 35.5 Å². The minimum absolute atomic E-state index is 0.0309. The van der Waals surface area contributed by atoms with E-state index in [1.165, 1.54) is 12.1 Å². The molecule has 0 aliphatic carbocycles. The van der Waals surface area contributed by atoms with Gasteiger partial charge in [0.25, 0.3) is 5.91 Å². The maximum atomic E-state index is 13.5. The quantitative estimate of drug-likeness (QED) is 0.442. The molecule has 0 radical (unpaired) electrons. The number of fused-ring (bicyclic) bond motifs is 1. The smallest absolute Gasteiger partial charge is 0.308 e. The summed E-state index contributed by atoms with van der Waals surface area (Å²) in [5.74, 6) is -1.63. The number of nitrogens with zero attached hydrogens (tertiary/aromatic N) is 3. The minimum Gasteiger partial charge on any atom is -0.308 e. The molecule has 0 unspecified atom stereocenters. The van der Waals surface area contributed by atoms with Crippen molar-refractivity contribution >= 4 is 32.6 Å². The van der Waals surface area contributed by atoms with Crippen LogP contribution in [-0.4, -0.2) is 43.0 Å². The monoisotopic (exact) mass is 479 g/mol. The van der Waals surface area contributed by atoms with Crippen LogP contribution in [0.2, 0.25) is 0 Å². The molecule has 0 saturated heterocycles. The van der Waals surface area contributed by atoms with E-state index in [0.717, 1.165) is 22.3 Å². The second kappa shape index (κ2) is 8.66. The molecule has 4 nitrogen and oxygen atoms in total. The highest BCUT2D eigenvalue weighted by Gasteiger charge is 2.38. The molecule has 1 aromatic heterocycles. The van der Waals surface area contributed by atoms with E-state index in [2.05, 4.69) is 4.98 Å². The Bertz CT molecular complexity index is 1110. The summed E-state index contributed by atoms with van der Waals surface area (Å²) in [4.78, 5) is 20.0. The molecule has 0 spiro atoms. The fraction of sp³-hybridized carbons (Fsp3) is 0.300. The van der Waals surface area contributed by atoms with Crippen molar-refractivity contribution in [3.05, 3.63) is 58.9 Å². The van der Waals surface area contributed by atoms with Crippen LogP contribution in [0.3, 0.4) is 0 Å². The lowest BCUT2D eigenvalue weighted by Gasteiger charge is -2.23. The van der Waals surface area contributed by atoms with Crippen molar-refractivity contribution in [2.75, 3.05) is 32.1 Å². The molecule has 0 N–H and O–H groups in total. The first-order valence-electron chi connectivity index (χ1n) is 9.08. The fourth-order valence-electron chi connectivity index (χ4n) is 2.82. The molecule has 3 rings (SSSR count). The number of hydrogen-bond acceptors (Lipinski definition) is 4. The summed E-state index contributed by atoms with van der Waals surface area (Å²) in [6, 6.07) is 4.42. The summed E-state index contributed by atoms with van der Waals surface area (Å²) in [5.41, 5.74) is -3.62. The van der Waals surface area contributed by atoms with Gasteiger partial charge in [0, 0.05) is 18.7 Å². The lowest BCUT2D eigenvalue weighted by atomic mass is 10.0. The Labute approximate surface area is 181 Å². The first kappa shape index (κ1) is 23.9. The van der Waals surface area contributed by atoms with Crippen LogP contribution in [0.1, 0.15) is 21.5 Å². The molecule has 172 valence electrons. The van der Waals surface area contributed by atoms with Crippen LogP contribution in [0, 0.1) is 5.82 Å². The molecule has 0 aliphatic heterocycles. The van der Waals surface area contributed by atoms with E-state index in [1.807, 2.05) is 0 Å². The lowest BCUT2D eigenvalue weighted by molar-refractivity contribution is -0.143. The van der Waals surface area contributed by atoms with Gasteiger partial charge in [0.1, 0.15) is 5.82 Å². The molecule has 0 bridgehead atoms. The van der Waals surface area contributed by atoms with Crippen LogP contribution in [0.25, 0.3) is 10.2 Å². The molecule has 1 heterocycles. The highest BCUT2D eigenvalue weighted by Crippen LogP contribution is 2.37. The number of carbonyl (C=O) groups is 1. The molecule has 0 atom stereocenters. The van der Waals surface area contributed by atoms with Gasteiger partial charge in [-0.2, -0.15) is 26.3 Å². The lowest BCUT2D eigenvalue weighted by Crippen LogP contribution is -2.37. The highest BCUT2D eigenvalue weighted by atomic mass is 32.1. The van der Waals surface area contributed by atoms with E-state index in [9.17, 15) is 35.5 Å². The SMILES string of the molecule is CN(C)CCN(C(=O)c1cc(C(F)(F)F)cc(C(F)(F)F)c1)c1nc2ccc(F)cc2s1.